The maximum Gasteiger partial charge on any atom is 0.320 e. The van der Waals surface area contributed by atoms with Crippen LogP contribution < -0.4 is 10.1 Å². The highest BCUT2D eigenvalue weighted by Crippen LogP contribution is 2.11. The minimum atomic E-state index is -0.792. The Labute approximate surface area is 108 Å². The van der Waals surface area contributed by atoms with Crippen LogP contribution in [0.25, 0.3) is 0 Å². The van der Waals surface area contributed by atoms with E-state index in [1.165, 1.54) is 0 Å². The highest BCUT2D eigenvalue weighted by molar-refractivity contribution is 5.73. The van der Waals surface area contributed by atoms with E-state index in [0.717, 1.165) is 17.7 Å². The van der Waals surface area contributed by atoms with Gasteiger partial charge in [0, 0.05) is 0 Å². The number of carboxylic acids is 1. The van der Waals surface area contributed by atoms with Crippen molar-refractivity contribution in [2.75, 3.05) is 13.7 Å². The summed E-state index contributed by atoms with van der Waals surface area (Å²) in [5.74, 6) is 0.121. The molecule has 100 valence electrons. The Balaban J connectivity index is 2.42. The molecule has 4 nitrogen and oxygen atoms in total. The van der Waals surface area contributed by atoms with Gasteiger partial charge in [-0.15, -0.1) is 0 Å². The molecule has 0 aromatic heterocycles. The van der Waals surface area contributed by atoms with Gasteiger partial charge in [-0.3, -0.25) is 4.79 Å². The number of aliphatic carboxylic acids is 1. The number of benzene rings is 1. The molecule has 1 aromatic carbocycles. The molecule has 1 unspecified atom stereocenters. The lowest BCUT2D eigenvalue weighted by Gasteiger charge is -2.17. The third kappa shape index (κ3) is 4.37. The van der Waals surface area contributed by atoms with E-state index < -0.39 is 12.0 Å². The summed E-state index contributed by atoms with van der Waals surface area (Å²) in [6, 6.07) is 7.32. The predicted octanol–water partition coefficient (Wildman–Crippen LogP) is 1.94. The van der Waals surface area contributed by atoms with Crippen LogP contribution in [0.2, 0.25) is 0 Å². The van der Waals surface area contributed by atoms with Crippen LogP contribution in [-0.4, -0.2) is 30.8 Å². The topological polar surface area (TPSA) is 58.6 Å². The molecule has 1 atom stereocenters. The summed E-state index contributed by atoms with van der Waals surface area (Å²) in [6.45, 7) is 4.46. The van der Waals surface area contributed by atoms with E-state index in [0.29, 0.717) is 6.54 Å². The molecule has 2 N–H and O–H groups in total. The van der Waals surface area contributed by atoms with Crippen LogP contribution in [0.15, 0.2) is 24.3 Å². The lowest BCUT2D eigenvalue weighted by atomic mass is 10.0. The molecular weight excluding hydrogens is 230 g/mol. The van der Waals surface area contributed by atoms with E-state index in [4.69, 9.17) is 9.84 Å². The van der Waals surface area contributed by atoms with Crippen molar-refractivity contribution in [3.05, 3.63) is 29.8 Å². The van der Waals surface area contributed by atoms with Gasteiger partial charge in [0.2, 0.25) is 0 Å². The zero-order valence-corrected chi connectivity index (χ0v) is 11.1. The zero-order chi connectivity index (χ0) is 13.5. The molecule has 18 heavy (non-hydrogen) atoms. The number of carbonyl (C=O) groups is 1. The van der Waals surface area contributed by atoms with Crippen molar-refractivity contribution in [1.82, 2.24) is 5.32 Å². The molecular formula is C14H21NO3. The molecule has 0 aliphatic rings. The zero-order valence-electron chi connectivity index (χ0n) is 11.1. The molecule has 0 saturated carbocycles. The van der Waals surface area contributed by atoms with E-state index in [1.807, 2.05) is 38.1 Å². The fourth-order valence-corrected chi connectivity index (χ4v) is 1.77. The number of ether oxygens (including phenoxy) is 1. The quantitative estimate of drug-likeness (QED) is 0.777. The lowest BCUT2D eigenvalue weighted by Crippen LogP contribution is -2.41. The summed E-state index contributed by atoms with van der Waals surface area (Å²) >= 11 is 0. The molecule has 0 amide bonds. The van der Waals surface area contributed by atoms with E-state index in [-0.39, 0.29) is 5.92 Å². The highest BCUT2D eigenvalue weighted by atomic mass is 16.5. The molecule has 4 heteroatoms. The second-order valence-corrected chi connectivity index (χ2v) is 4.61. The van der Waals surface area contributed by atoms with Gasteiger partial charge in [0.25, 0.3) is 0 Å². The van der Waals surface area contributed by atoms with Gasteiger partial charge in [-0.05, 0) is 36.6 Å². The molecule has 0 saturated heterocycles. The predicted molar refractivity (Wildman–Crippen MR) is 71.0 cm³/mol. The number of rotatable bonds is 7. The molecule has 1 rings (SSSR count). The Morgan fingerprint density at radius 3 is 2.39 bits per heavy atom. The van der Waals surface area contributed by atoms with Crippen LogP contribution in [-0.2, 0) is 11.2 Å². The Kier molecular flexibility index (Phi) is 5.65. The summed E-state index contributed by atoms with van der Waals surface area (Å²) in [7, 11) is 1.64. The molecule has 0 radical (unpaired) electrons. The average Bonchev–Trinajstić information content (AvgIpc) is 2.34. The standard InChI is InChI=1S/C14H21NO3/c1-10(2)13(14(16)17)15-9-8-11-4-6-12(18-3)7-5-11/h4-7,10,13,15H,8-9H2,1-3H3,(H,16,17). The minimum absolute atomic E-state index is 0.0818. The van der Waals surface area contributed by atoms with Crippen LogP contribution in [0.1, 0.15) is 19.4 Å². The van der Waals surface area contributed by atoms with E-state index in [1.54, 1.807) is 7.11 Å². The Morgan fingerprint density at radius 2 is 1.94 bits per heavy atom. The number of hydrogen-bond donors (Lipinski definition) is 2. The fourth-order valence-electron chi connectivity index (χ4n) is 1.77. The van der Waals surface area contributed by atoms with E-state index >= 15 is 0 Å². The van der Waals surface area contributed by atoms with Gasteiger partial charge < -0.3 is 15.2 Å². The first-order valence-corrected chi connectivity index (χ1v) is 6.13. The van der Waals surface area contributed by atoms with Crippen LogP contribution >= 0.6 is 0 Å². The van der Waals surface area contributed by atoms with E-state index in [9.17, 15) is 4.79 Å². The van der Waals surface area contributed by atoms with Crippen LogP contribution in [0.4, 0.5) is 0 Å². The first kappa shape index (κ1) is 14.5. The molecule has 1 aromatic rings. The van der Waals surface area contributed by atoms with E-state index in [2.05, 4.69) is 5.32 Å². The molecule has 0 aliphatic heterocycles. The van der Waals surface area contributed by atoms with Gasteiger partial charge in [0.05, 0.1) is 7.11 Å². The van der Waals surface area contributed by atoms with Gasteiger partial charge >= 0.3 is 5.97 Å². The fraction of sp³-hybridized carbons (Fsp3) is 0.500. The first-order chi connectivity index (χ1) is 8.54. The number of carboxylic acid groups (broad SMARTS) is 1. The lowest BCUT2D eigenvalue weighted by molar-refractivity contribution is -0.140. The van der Waals surface area contributed by atoms with Crippen molar-refractivity contribution in [2.45, 2.75) is 26.3 Å². The molecule has 0 aliphatic carbocycles. The van der Waals surface area contributed by atoms with Gasteiger partial charge in [-0.2, -0.15) is 0 Å². The number of hydrogen-bond acceptors (Lipinski definition) is 3. The Hall–Kier alpha value is -1.55. The minimum Gasteiger partial charge on any atom is -0.497 e. The summed E-state index contributed by atoms with van der Waals surface area (Å²) in [4.78, 5) is 11.0. The normalized spacial score (nSPS) is 12.4. The summed E-state index contributed by atoms with van der Waals surface area (Å²) in [5.41, 5.74) is 1.16. The smallest absolute Gasteiger partial charge is 0.320 e. The van der Waals surface area contributed by atoms with Crippen molar-refractivity contribution < 1.29 is 14.6 Å². The maximum absolute atomic E-state index is 11.0. The first-order valence-electron chi connectivity index (χ1n) is 6.13. The summed E-state index contributed by atoms with van der Waals surface area (Å²) in [5, 5.41) is 12.1. The molecule has 0 fully saturated rings. The monoisotopic (exact) mass is 251 g/mol. The van der Waals surface area contributed by atoms with Crippen molar-refractivity contribution in [3.63, 3.8) is 0 Å². The number of methoxy groups -OCH3 is 1. The van der Waals surface area contributed by atoms with Gasteiger partial charge in [-0.25, -0.2) is 0 Å². The Bertz CT molecular complexity index is 373. The van der Waals surface area contributed by atoms with Crippen molar-refractivity contribution in [2.24, 2.45) is 5.92 Å². The van der Waals surface area contributed by atoms with Crippen molar-refractivity contribution >= 4 is 5.97 Å². The second-order valence-electron chi connectivity index (χ2n) is 4.61. The van der Waals surface area contributed by atoms with Crippen molar-refractivity contribution in [1.29, 1.82) is 0 Å². The Morgan fingerprint density at radius 1 is 1.33 bits per heavy atom. The molecule has 0 spiro atoms. The van der Waals surface area contributed by atoms with Gasteiger partial charge in [-0.1, -0.05) is 26.0 Å². The molecule has 0 bridgehead atoms. The third-order valence-electron chi connectivity index (χ3n) is 2.87. The van der Waals surface area contributed by atoms with Crippen LogP contribution in [0.3, 0.4) is 0 Å². The van der Waals surface area contributed by atoms with Crippen LogP contribution in [0, 0.1) is 5.92 Å². The van der Waals surface area contributed by atoms with Crippen LogP contribution in [0.5, 0.6) is 5.75 Å². The summed E-state index contributed by atoms with van der Waals surface area (Å²) < 4.78 is 5.08. The molecule has 0 heterocycles. The highest BCUT2D eigenvalue weighted by Gasteiger charge is 2.19. The maximum atomic E-state index is 11.0. The summed E-state index contributed by atoms with van der Waals surface area (Å²) in [6.07, 6.45) is 0.806. The van der Waals surface area contributed by atoms with Gasteiger partial charge in [0.1, 0.15) is 11.8 Å². The van der Waals surface area contributed by atoms with Crippen molar-refractivity contribution in [3.8, 4) is 5.75 Å². The third-order valence-corrected chi connectivity index (χ3v) is 2.87. The van der Waals surface area contributed by atoms with Gasteiger partial charge in [0.15, 0.2) is 0 Å². The largest absolute Gasteiger partial charge is 0.497 e. The SMILES string of the molecule is COc1ccc(CCNC(C(=O)O)C(C)C)cc1. The number of nitrogens with one attached hydrogen (secondary N) is 1. The average molecular weight is 251 g/mol. The second kappa shape index (κ2) is 7.01.